The highest BCUT2D eigenvalue weighted by Crippen LogP contribution is 2.26. The molecule has 0 N–H and O–H groups in total. The minimum atomic E-state index is 0.554. The second-order valence-electron chi connectivity index (χ2n) is 6.67. The van der Waals surface area contributed by atoms with Crippen LogP contribution in [0.5, 0.6) is 0 Å². The van der Waals surface area contributed by atoms with Crippen molar-refractivity contribution in [2.24, 2.45) is 7.05 Å². The van der Waals surface area contributed by atoms with Crippen LogP contribution in [0.1, 0.15) is 22.8 Å². The monoisotopic (exact) mass is 374 g/mol. The van der Waals surface area contributed by atoms with Gasteiger partial charge >= 0.3 is 0 Å². The molecule has 0 bridgehead atoms. The van der Waals surface area contributed by atoms with E-state index in [2.05, 4.69) is 20.0 Å². The Morgan fingerprint density at radius 2 is 1.89 bits per heavy atom. The standard InChI is InChI=1S/C21H22N6O/c1-15-20(16(2)26(3)25-15)19-9-11-23-21(24-19)27(14-18-8-6-12-28-18)13-17-7-4-5-10-22-17/h4-12H,13-14H2,1-3H3. The number of hydrogen-bond acceptors (Lipinski definition) is 6. The molecule has 4 heterocycles. The molecule has 0 fully saturated rings. The zero-order chi connectivity index (χ0) is 19.5. The van der Waals surface area contributed by atoms with Crippen LogP contribution >= 0.6 is 0 Å². The fraction of sp³-hybridized carbons (Fsp3) is 0.238. The van der Waals surface area contributed by atoms with E-state index in [0.717, 1.165) is 34.1 Å². The van der Waals surface area contributed by atoms with Gasteiger partial charge in [0.1, 0.15) is 5.76 Å². The van der Waals surface area contributed by atoms with Crippen LogP contribution in [0.15, 0.2) is 59.5 Å². The molecule has 0 atom stereocenters. The Kier molecular flexibility index (Phi) is 4.89. The maximum atomic E-state index is 5.55. The third kappa shape index (κ3) is 3.64. The van der Waals surface area contributed by atoms with Crippen molar-refractivity contribution in [3.05, 3.63) is 77.9 Å². The van der Waals surface area contributed by atoms with Crippen LogP contribution in [-0.2, 0) is 20.1 Å². The third-order valence-corrected chi connectivity index (χ3v) is 4.70. The molecule has 0 radical (unpaired) electrons. The van der Waals surface area contributed by atoms with E-state index in [0.29, 0.717) is 19.0 Å². The van der Waals surface area contributed by atoms with Crippen LogP contribution in [0.4, 0.5) is 5.95 Å². The summed E-state index contributed by atoms with van der Waals surface area (Å²) in [6, 6.07) is 11.6. The highest BCUT2D eigenvalue weighted by atomic mass is 16.3. The molecule has 0 unspecified atom stereocenters. The number of pyridine rings is 1. The van der Waals surface area contributed by atoms with Gasteiger partial charge in [-0.15, -0.1) is 0 Å². The van der Waals surface area contributed by atoms with Crippen molar-refractivity contribution < 1.29 is 4.42 Å². The van der Waals surface area contributed by atoms with Crippen LogP contribution in [-0.4, -0.2) is 24.7 Å². The number of nitrogens with zero attached hydrogens (tertiary/aromatic N) is 6. The molecule has 0 aromatic carbocycles. The van der Waals surface area contributed by atoms with Crippen molar-refractivity contribution in [3.63, 3.8) is 0 Å². The lowest BCUT2D eigenvalue weighted by Gasteiger charge is -2.21. The Labute approximate surface area is 163 Å². The summed E-state index contributed by atoms with van der Waals surface area (Å²) >= 11 is 0. The van der Waals surface area contributed by atoms with Crippen LogP contribution in [0, 0.1) is 13.8 Å². The quantitative estimate of drug-likeness (QED) is 0.512. The van der Waals surface area contributed by atoms with Gasteiger partial charge in [-0.05, 0) is 44.2 Å². The van der Waals surface area contributed by atoms with Crippen molar-refractivity contribution in [1.29, 1.82) is 0 Å². The summed E-state index contributed by atoms with van der Waals surface area (Å²) in [4.78, 5) is 15.9. The number of hydrogen-bond donors (Lipinski definition) is 0. The lowest BCUT2D eigenvalue weighted by molar-refractivity contribution is 0.499. The van der Waals surface area contributed by atoms with Gasteiger partial charge in [-0.25, -0.2) is 9.97 Å². The molecule has 0 aliphatic rings. The maximum Gasteiger partial charge on any atom is 0.226 e. The minimum Gasteiger partial charge on any atom is -0.467 e. The lowest BCUT2D eigenvalue weighted by Crippen LogP contribution is -2.24. The molecule has 0 saturated carbocycles. The Morgan fingerprint density at radius 1 is 1.00 bits per heavy atom. The number of furan rings is 1. The fourth-order valence-corrected chi connectivity index (χ4v) is 3.26. The van der Waals surface area contributed by atoms with Gasteiger partial charge in [0.15, 0.2) is 0 Å². The average molecular weight is 374 g/mol. The van der Waals surface area contributed by atoms with Gasteiger partial charge in [-0.3, -0.25) is 9.67 Å². The van der Waals surface area contributed by atoms with Crippen LogP contribution in [0.2, 0.25) is 0 Å². The summed E-state index contributed by atoms with van der Waals surface area (Å²) in [6.07, 6.45) is 5.26. The van der Waals surface area contributed by atoms with E-state index in [1.165, 1.54) is 0 Å². The third-order valence-electron chi connectivity index (χ3n) is 4.70. The Hall–Kier alpha value is -3.48. The number of rotatable bonds is 6. The predicted molar refractivity (Wildman–Crippen MR) is 107 cm³/mol. The van der Waals surface area contributed by atoms with E-state index < -0.39 is 0 Å². The van der Waals surface area contributed by atoms with E-state index in [4.69, 9.17) is 9.40 Å². The fourth-order valence-electron chi connectivity index (χ4n) is 3.26. The molecule has 0 aliphatic carbocycles. The maximum absolute atomic E-state index is 5.55. The molecule has 4 rings (SSSR count). The predicted octanol–water partition coefficient (Wildman–Crippen LogP) is 3.69. The molecular weight excluding hydrogens is 352 g/mol. The molecule has 0 saturated heterocycles. The first-order valence-electron chi connectivity index (χ1n) is 9.12. The molecule has 7 heteroatoms. The second-order valence-corrected chi connectivity index (χ2v) is 6.67. The number of anilines is 1. The van der Waals surface area contributed by atoms with Gasteiger partial charge in [0.05, 0.1) is 36.4 Å². The first-order chi connectivity index (χ1) is 13.6. The van der Waals surface area contributed by atoms with E-state index in [1.807, 2.05) is 62.0 Å². The largest absolute Gasteiger partial charge is 0.467 e. The first-order valence-corrected chi connectivity index (χ1v) is 9.12. The van der Waals surface area contributed by atoms with Crippen molar-refractivity contribution in [1.82, 2.24) is 24.7 Å². The van der Waals surface area contributed by atoms with Crippen LogP contribution in [0.3, 0.4) is 0 Å². The smallest absolute Gasteiger partial charge is 0.226 e. The average Bonchev–Trinajstić information content (AvgIpc) is 3.30. The van der Waals surface area contributed by atoms with E-state index in [-0.39, 0.29) is 0 Å². The number of aryl methyl sites for hydroxylation is 2. The van der Waals surface area contributed by atoms with Crippen molar-refractivity contribution in [3.8, 4) is 11.3 Å². The van der Waals surface area contributed by atoms with Crippen LogP contribution in [0.25, 0.3) is 11.3 Å². The Bertz CT molecular complexity index is 1060. The SMILES string of the molecule is Cc1nn(C)c(C)c1-c1ccnc(N(Cc2ccccn2)Cc2ccco2)n1. The van der Waals surface area contributed by atoms with Crippen molar-refractivity contribution in [2.45, 2.75) is 26.9 Å². The van der Waals surface area contributed by atoms with E-state index in [9.17, 15) is 0 Å². The van der Waals surface area contributed by atoms with Gasteiger partial charge in [0.2, 0.25) is 5.95 Å². The lowest BCUT2D eigenvalue weighted by atomic mass is 10.1. The van der Waals surface area contributed by atoms with Gasteiger partial charge in [-0.2, -0.15) is 5.10 Å². The highest BCUT2D eigenvalue weighted by Gasteiger charge is 2.17. The molecule has 0 aliphatic heterocycles. The second kappa shape index (κ2) is 7.64. The summed E-state index contributed by atoms with van der Waals surface area (Å²) in [6.45, 7) is 5.18. The van der Waals surface area contributed by atoms with Crippen molar-refractivity contribution in [2.75, 3.05) is 4.90 Å². The summed E-state index contributed by atoms with van der Waals surface area (Å²) in [7, 11) is 1.94. The van der Waals surface area contributed by atoms with E-state index in [1.54, 1.807) is 18.7 Å². The molecule has 28 heavy (non-hydrogen) atoms. The Morgan fingerprint density at radius 3 is 2.57 bits per heavy atom. The summed E-state index contributed by atoms with van der Waals surface area (Å²) in [5, 5.41) is 4.51. The molecule has 7 nitrogen and oxygen atoms in total. The Balaban J connectivity index is 1.71. The van der Waals surface area contributed by atoms with E-state index >= 15 is 0 Å². The topological polar surface area (TPSA) is 72.9 Å². The summed E-state index contributed by atoms with van der Waals surface area (Å²) in [5.74, 6) is 1.47. The molecule has 4 aromatic heterocycles. The molecule has 142 valence electrons. The van der Waals surface area contributed by atoms with Gasteiger partial charge in [0, 0.05) is 30.7 Å². The normalized spacial score (nSPS) is 11.0. The van der Waals surface area contributed by atoms with Gasteiger partial charge in [-0.1, -0.05) is 6.07 Å². The zero-order valence-electron chi connectivity index (χ0n) is 16.2. The zero-order valence-corrected chi connectivity index (χ0v) is 16.2. The van der Waals surface area contributed by atoms with Gasteiger partial charge in [0.25, 0.3) is 0 Å². The van der Waals surface area contributed by atoms with Crippen LogP contribution < -0.4 is 4.90 Å². The number of aromatic nitrogens is 5. The summed E-state index contributed by atoms with van der Waals surface area (Å²) < 4.78 is 7.42. The highest BCUT2D eigenvalue weighted by molar-refractivity contribution is 5.65. The van der Waals surface area contributed by atoms with Crippen molar-refractivity contribution >= 4 is 5.95 Å². The summed E-state index contributed by atoms with van der Waals surface area (Å²) in [5.41, 5.74) is 4.87. The first kappa shape index (κ1) is 17.9. The molecular formula is C21H22N6O. The van der Waals surface area contributed by atoms with Gasteiger partial charge < -0.3 is 9.32 Å². The molecule has 4 aromatic rings. The molecule has 0 amide bonds. The molecule has 0 spiro atoms. The minimum absolute atomic E-state index is 0.554.